The fourth-order valence-corrected chi connectivity index (χ4v) is 4.69. The fraction of sp³-hybridized carbons (Fsp3) is 0.345. The zero-order valence-electron chi connectivity index (χ0n) is 21.1. The molecule has 4 aromatic rings. The highest BCUT2D eigenvalue weighted by Gasteiger charge is 2.51. The summed E-state index contributed by atoms with van der Waals surface area (Å²) in [5, 5.41) is 2.50. The Morgan fingerprint density at radius 3 is 2.00 bits per heavy atom. The van der Waals surface area contributed by atoms with Gasteiger partial charge in [-0.1, -0.05) is 30.4 Å². The topological polar surface area (TPSA) is 27.3 Å². The van der Waals surface area contributed by atoms with Crippen LogP contribution in [0.25, 0.3) is 34.0 Å². The van der Waals surface area contributed by atoms with Crippen molar-refractivity contribution in [1.29, 1.82) is 0 Å². The summed E-state index contributed by atoms with van der Waals surface area (Å²) in [5.74, 6) is 0. The third kappa shape index (κ3) is 3.87. The van der Waals surface area contributed by atoms with Gasteiger partial charge >= 0.3 is 7.12 Å². The maximum absolute atomic E-state index is 6.33. The zero-order chi connectivity index (χ0) is 24.1. The third-order valence-electron chi connectivity index (χ3n) is 7.50. The van der Waals surface area contributed by atoms with Crippen molar-refractivity contribution in [2.24, 2.45) is 0 Å². The molecule has 3 heterocycles. The highest BCUT2D eigenvalue weighted by molar-refractivity contribution is 6.62. The van der Waals surface area contributed by atoms with Crippen molar-refractivity contribution >= 4 is 46.5 Å². The van der Waals surface area contributed by atoms with Crippen LogP contribution < -0.4 is 10.0 Å². The maximum Gasteiger partial charge on any atom is 0.494 e. The molecular weight excluding hydrogens is 419 g/mol. The van der Waals surface area contributed by atoms with Crippen LogP contribution in [0.1, 0.15) is 52.7 Å². The lowest BCUT2D eigenvalue weighted by Crippen LogP contribution is -2.41. The summed E-state index contributed by atoms with van der Waals surface area (Å²) in [4.78, 5) is 0. The highest BCUT2D eigenvalue weighted by Crippen LogP contribution is 2.37. The van der Waals surface area contributed by atoms with Crippen LogP contribution in [0.15, 0.2) is 60.9 Å². The molecule has 0 saturated carbocycles. The van der Waals surface area contributed by atoms with Crippen LogP contribution in [0, 0.1) is 0 Å². The van der Waals surface area contributed by atoms with Crippen LogP contribution in [0.4, 0.5) is 0 Å². The number of nitrogens with zero attached hydrogens (tertiary/aromatic N) is 2. The monoisotopic (exact) mass is 453 g/mol. The molecule has 1 saturated heterocycles. The van der Waals surface area contributed by atoms with Gasteiger partial charge in [0, 0.05) is 40.5 Å². The average molecular weight is 453 g/mol. The van der Waals surface area contributed by atoms with Crippen molar-refractivity contribution in [3.05, 3.63) is 72.1 Å². The van der Waals surface area contributed by atoms with E-state index in [1.165, 1.54) is 32.9 Å². The number of fused-ring (bicyclic) bond motifs is 3. The second kappa shape index (κ2) is 8.40. The molecule has 1 aliphatic rings. The van der Waals surface area contributed by atoms with Gasteiger partial charge in [0.1, 0.15) is 6.54 Å². The van der Waals surface area contributed by atoms with Crippen molar-refractivity contribution in [1.82, 2.24) is 4.57 Å². The molecule has 2 aromatic carbocycles. The molecule has 0 radical (unpaired) electrons. The maximum atomic E-state index is 6.33. The Morgan fingerprint density at radius 2 is 1.38 bits per heavy atom. The number of aromatic nitrogens is 2. The van der Waals surface area contributed by atoms with Crippen LogP contribution in [0.5, 0.6) is 0 Å². The number of rotatable bonds is 5. The molecule has 0 amide bonds. The van der Waals surface area contributed by atoms with Gasteiger partial charge in [-0.2, -0.15) is 0 Å². The minimum Gasteiger partial charge on any atom is -0.399 e. The lowest BCUT2D eigenvalue weighted by molar-refractivity contribution is -0.693. The predicted octanol–water partition coefficient (Wildman–Crippen LogP) is 5.59. The van der Waals surface area contributed by atoms with E-state index in [0.29, 0.717) is 0 Å². The number of aryl methyl sites for hydroxylation is 2. The molecule has 0 unspecified atom stereocenters. The smallest absolute Gasteiger partial charge is 0.399 e. The standard InChI is InChI=1S/C29H34BN2O2/c1-7-31-17-15-21(16-18-31)9-10-22-11-13-26-24(19-22)25-20-23(12-14-27(25)32(26)8-2)30-33-28(3,4)29(5,6)34-30/h9-20H,7-8H2,1-6H3/q+1. The Morgan fingerprint density at radius 1 is 0.794 bits per heavy atom. The van der Waals surface area contributed by atoms with E-state index in [1.807, 2.05) is 0 Å². The zero-order valence-corrected chi connectivity index (χ0v) is 21.1. The van der Waals surface area contributed by atoms with Gasteiger partial charge < -0.3 is 13.9 Å². The normalized spacial score (nSPS) is 17.4. The molecule has 0 N–H and O–H groups in total. The van der Waals surface area contributed by atoms with Gasteiger partial charge in [-0.15, -0.1) is 0 Å². The van der Waals surface area contributed by atoms with Crippen molar-refractivity contribution in [3.8, 4) is 0 Å². The van der Waals surface area contributed by atoms with Crippen molar-refractivity contribution in [3.63, 3.8) is 0 Å². The van der Waals surface area contributed by atoms with Crippen LogP contribution in [0.2, 0.25) is 0 Å². The summed E-state index contributed by atoms with van der Waals surface area (Å²) >= 11 is 0. The van der Waals surface area contributed by atoms with Crippen LogP contribution >= 0.6 is 0 Å². The van der Waals surface area contributed by atoms with Crippen molar-refractivity contribution < 1.29 is 13.9 Å². The molecule has 0 atom stereocenters. The third-order valence-corrected chi connectivity index (χ3v) is 7.50. The van der Waals surface area contributed by atoms with Gasteiger partial charge in [0.2, 0.25) is 0 Å². The van der Waals surface area contributed by atoms with E-state index in [0.717, 1.165) is 18.6 Å². The van der Waals surface area contributed by atoms with E-state index in [1.54, 1.807) is 0 Å². The largest absolute Gasteiger partial charge is 0.494 e. The van der Waals surface area contributed by atoms with Gasteiger partial charge in [0.25, 0.3) is 0 Å². The fourth-order valence-electron chi connectivity index (χ4n) is 4.69. The van der Waals surface area contributed by atoms with E-state index in [4.69, 9.17) is 9.31 Å². The summed E-state index contributed by atoms with van der Waals surface area (Å²) in [6.45, 7) is 14.7. The molecule has 1 aliphatic heterocycles. The molecule has 2 aromatic heterocycles. The quantitative estimate of drug-likeness (QED) is 0.291. The summed E-state index contributed by atoms with van der Waals surface area (Å²) in [6, 6.07) is 17.6. The van der Waals surface area contributed by atoms with Gasteiger partial charge in [0.05, 0.1) is 11.2 Å². The second-order valence-electron chi connectivity index (χ2n) is 10.2. The van der Waals surface area contributed by atoms with Crippen LogP contribution in [-0.4, -0.2) is 22.9 Å². The molecule has 0 spiro atoms. The SMILES string of the molecule is CCn1c2ccc(/C=C/c3cc[n+](CC)cc3)cc2c2cc(B3OC(C)(C)C(C)(C)O3)ccc21. The summed E-state index contributed by atoms with van der Waals surface area (Å²) in [7, 11) is -0.360. The summed E-state index contributed by atoms with van der Waals surface area (Å²) < 4.78 is 17.2. The van der Waals surface area contributed by atoms with E-state index < -0.39 is 0 Å². The van der Waals surface area contributed by atoms with Gasteiger partial charge in [-0.25, -0.2) is 4.57 Å². The van der Waals surface area contributed by atoms with Gasteiger partial charge in [-0.05, 0) is 76.3 Å². The molecule has 174 valence electrons. The highest BCUT2D eigenvalue weighted by atomic mass is 16.7. The van der Waals surface area contributed by atoms with Gasteiger partial charge in [-0.3, -0.25) is 0 Å². The Bertz CT molecular complexity index is 1370. The molecule has 0 aliphatic carbocycles. The van der Waals surface area contributed by atoms with Crippen molar-refractivity contribution in [2.75, 3.05) is 0 Å². The number of hydrogen-bond acceptors (Lipinski definition) is 2. The second-order valence-corrected chi connectivity index (χ2v) is 10.2. The van der Waals surface area contributed by atoms with E-state index >= 15 is 0 Å². The lowest BCUT2D eigenvalue weighted by atomic mass is 9.78. The summed E-state index contributed by atoms with van der Waals surface area (Å²) in [5.41, 5.74) is 5.25. The molecule has 34 heavy (non-hydrogen) atoms. The number of pyridine rings is 1. The first kappa shape index (κ1) is 22.9. The molecule has 1 fully saturated rings. The molecular formula is C29H34BN2O2+. The first-order chi connectivity index (χ1) is 16.2. The molecule has 5 heteroatoms. The summed E-state index contributed by atoms with van der Waals surface area (Å²) in [6.07, 6.45) is 8.61. The number of benzene rings is 2. The van der Waals surface area contributed by atoms with E-state index in [-0.39, 0.29) is 18.3 Å². The number of hydrogen-bond donors (Lipinski definition) is 0. The first-order valence-corrected chi connectivity index (χ1v) is 12.3. The van der Waals surface area contributed by atoms with Crippen LogP contribution in [-0.2, 0) is 22.4 Å². The van der Waals surface area contributed by atoms with E-state index in [9.17, 15) is 0 Å². The van der Waals surface area contributed by atoms with Crippen LogP contribution in [0.3, 0.4) is 0 Å². The Balaban J connectivity index is 1.55. The first-order valence-electron chi connectivity index (χ1n) is 12.3. The lowest BCUT2D eigenvalue weighted by Gasteiger charge is -2.32. The van der Waals surface area contributed by atoms with Gasteiger partial charge in [0.15, 0.2) is 12.4 Å². The Hall–Kier alpha value is -2.89. The Labute approximate surface area is 203 Å². The minimum absolute atomic E-state index is 0.351. The predicted molar refractivity (Wildman–Crippen MR) is 142 cm³/mol. The van der Waals surface area contributed by atoms with Crippen molar-refractivity contribution in [2.45, 2.75) is 65.8 Å². The molecule has 0 bridgehead atoms. The Kier molecular flexibility index (Phi) is 5.66. The molecule has 5 rings (SSSR count). The molecule has 4 nitrogen and oxygen atoms in total. The average Bonchev–Trinajstić information content (AvgIpc) is 3.26. The van der Waals surface area contributed by atoms with E-state index in [2.05, 4.69) is 124 Å². The minimum atomic E-state index is -0.360.